The summed E-state index contributed by atoms with van der Waals surface area (Å²) in [6.07, 6.45) is 4.85. The highest BCUT2D eigenvalue weighted by atomic mass is 16.2. The van der Waals surface area contributed by atoms with E-state index in [0.717, 1.165) is 38.8 Å². The number of unbranched alkanes of at least 4 members (excludes halogenated alkanes) is 1. The van der Waals surface area contributed by atoms with Gasteiger partial charge in [0.2, 0.25) is 5.91 Å². The summed E-state index contributed by atoms with van der Waals surface area (Å²) in [6, 6.07) is 0. The van der Waals surface area contributed by atoms with Crippen LogP contribution in [0.4, 0.5) is 0 Å². The van der Waals surface area contributed by atoms with Crippen molar-refractivity contribution in [2.45, 2.75) is 52.9 Å². The minimum atomic E-state index is 0.294. The van der Waals surface area contributed by atoms with Crippen molar-refractivity contribution in [2.75, 3.05) is 19.6 Å². The van der Waals surface area contributed by atoms with E-state index in [1.54, 1.807) is 0 Å². The third-order valence-corrected chi connectivity index (χ3v) is 3.21. The van der Waals surface area contributed by atoms with Crippen molar-refractivity contribution < 1.29 is 4.79 Å². The molecule has 0 aliphatic heterocycles. The molecule has 0 saturated carbocycles. The Kier molecular flexibility index (Phi) is 9.30. The molecule has 0 aromatic carbocycles. The first-order valence-corrected chi connectivity index (χ1v) is 6.67. The summed E-state index contributed by atoms with van der Waals surface area (Å²) in [5.74, 6) is 0.946. The lowest BCUT2D eigenvalue weighted by Crippen LogP contribution is -2.35. The fraction of sp³-hybridized carbons (Fsp3) is 0.923. The van der Waals surface area contributed by atoms with E-state index in [-0.39, 0.29) is 0 Å². The van der Waals surface area contributed by atoms with Crippen molar-refractivity contribution in [3.63, 3.8) is 0 Å². The molecule has 0 aromatic heterocycles. The standard InChI is InChI=1S/C13H28N2O/c1-4-12(5-2)11-15(6-3)13(16)9-7-8-10-14/h12H,4-11,14H2,1-3H3. The molecule has 3 nitrogen and oxygen atoms in total. The zero-order valence-electron chi connectivity index (χ0n) is 11.2. The molecule has 2 N–H and O–H groups in total. The molecule has 0 bridgehead atoms. The highest BCUT2D eigenvalue weighted by molar-refractivity contribution is 5.76. The molecule has 1 amide bonds. The minimum Gasteiger partial charge on any atom is -0.343 e. The third-order valence-electron chi connectivity index (χ3n) is 3.21. The Hall–Kier alpha value is -0.570. The summed E-state index contributed by atoms with van der Waals surface area (Å²) in [6.45, 7) is 8.89. The molecule has 0 saturated heterocycles. The Labute approximate surface area is 100 Å². The van der Waals surface area contributed by atoms with E-state index < -0.39 is 0 Å². The average molecular weight is 228 g/mol. The van der Waals surface area contributed by atoms with Gasteiger partial charge in [-0.3, -0.25) is 4.79 Å². The Bertz CT molecular complexity index is 179. The summed E-state index contributed by atoms with van der Waals surface area (Å²) in [5.41, 5.74) is 5.42. The molecule has 0 spiro atoms. The number of nitrogens with zero attached hydrogens (tertiary/aromatic N) is 1. The first-order chi connectivity index (χ1) is 7.69. The van der Waals surface area contributed by atoms with E-state index in [2.05, 4.69) is 20.8 Å². The van der Waals surface area contributed by atoms with E-state index in [1.807, 2.05) is 4.90 Å². The number of carbonyl (C=O) groups excluding carboxylic acids is 1. The molecule has 0 fully saturated rings. The number of rotatable bonds is 9. The molecule has 3 heteroatoms. The van der Waals surface area contributed by atoms with Crippen LogP contribution in [0.3, 0.4) is 0 Å². The van der Waals surface area contributed by atoms with Crippen molar-refractivity contribution in [1.29, 1.82) is 0 Å². The zero-order valence-corrected chi connectivity index (χ0v) is 11.2. The first-order valence-electron chi connectivity index (χ1n) is 6.67. The highest BCUT2D eigenvalue weighted by Crippen LogP contribution is 2.11. The van der Waals surface area contributed by atoms with Crippen molar-refractivity contribution >= 4 is 5.91 Å². The average Bonchev–Trinajstić information content (AvgIpc) is 2.31. The Morgan fingerprint density at radius 2 is 1.81 bits per heavy atom. The van der Waals surface area contributed by atoms with Crippen LogP contribution in [-0.2, 0) is 4.79 Å². The molecule has 16 heavy (non-hydrogen) atoms. The zero-order chi connectivity index (χ0) is 12.4. The second-order valence-corrected chi connectivity index (χ2v) is 4.36. The predicted octanol–water partition coefficient (Wildman–Crippen LogP) is 2.40. The van der Waals surface area contributed by atoms with Crippen LogP contribution in [0, 0.1) is 5.92 Å². The number of nitrogens with two attached hydrogens (primary N) is 1. The van der Waals surface area contributed by atoms with Crippen LogP contribution < -0.4 is 5.73 Å². The molecule has 0 aromatic rings. The lowest BCUT2D eigenvalue weighted by Gasteiger charge is -2.25. The van der Waals surface area contributed by atoms with Gasteiger partial charge in [0.15, 0.2) is 0 Å². The van der Waals surface area contributed by atoms with Gasteiger partial charge < -0.3 is 10.6 Å². The number of hydrogen-bond acceptors (Lipinski definition) is 2. The summed E-state index contributed by atoms with van der Waals surface area (Å²) >= 11 is 0. The van der Waals surface area contributed by atoms with Crippen LogP contribution in [0.2, 0.25) is 0 Å². The van der Waals surface area contributed by atoms with Gasteiger partial charge >= 0.3 is 0 Å². The summed E-state index contributed by atoms with van der Waals surface area (Å²) < 4.78 is 0. The number of hydrogen-bond donors (Lipinski definition) is 1. The van der Waals surface area contributed by atoms with E-state index in [1.165, 1.54) is 0 Å². The van der Waals surface area contributed by atoms with Crippen LogP contribution >= 0.6 is 0 Å². The molecule has 0 atom stereocenters. The minimum absolute atomic E-state index is 0.294. The molecule has 0 unspecified atom stereocenters. The normalized spacial score (nSPS) is 10.8. The topological polar surface area (TPSA) is 46.3 Å². The van der Waals surface area contributed by atoms with Gasteiger partial charge in [-0.1, -0.05) is 26.7 Å². The highest BCUT2D eigenvalue weighted by Gasteiger charge is 2.14. The summed E-state index contributed by atoms with van der Waals surface area (Å²) in [5, 5.41) is 0. The SMILES string of the molecule is CCC(CC)CN(CC)C(=O)CCCCN. The van der Waals surface area contributed by atoms with E-state index in [9.17, 15) is 4.79 Å². The molecule has 0 heterocycles. The summed E-state index contributed by atoms with van der Waals surface area (Å²) in [4.78, 5) is 13.9. The number of amides is 1. The van der Waals surface area contributed by atoms with Gasteiger partial charge in [-0.25, -0.2) is 0 Å². The monoisotopic (exact) mass is 228 g/mol. The van der Waals surface area contributed by atoms with Crippen LogP contribution in [-0.4, -0.2) is 30.4 Å². The quantitative estimate of drug-likeness (QED) is 0.616. The van der Waals surface area contributed by atoms with Gasteiger partial charge in [-0.2, -0.15) is 0 Å². The predicted molar refractivity (Wildman–Crippen MR) is 69.2 cm³/mol. The molecular weight excluding hydrogens is 200 g/mol. The maximum atomic E-state index is 11.9. The van der Waals surface area contributed by atoms with E-state index in [0.29, 0.717) is 24.8 Å². The maximum absolute atomic E-state index is 11.9. The second kappa shape index (κ2) is 9.64. The fourth-order valence-corrected chi connectivity index (χ4v) is 1.84. The van der Waals surface area contributed by atoms with Crippen molar-refractivity contribution in [3.8, 4) is 0 Å². The van der Waals surface area contributed by atoms with Crippen LogP contribution in [0.5, 0.6) is 0 Å². The van der Waals surface area contributed by atoms with Gasteiger partial charge in [-0.15, -0.1) is 0 Å². The molecule has 0 rings (SSSR count). The van der Waals surface area contributed by atoms with Gasteiger partial charge in [-0.05, 0) is 32.2 Å². The number of carbonyl (C=O) groups is 1. The maximum Gasteiger partial charge on any atom is 0.222 e. The molecule has 96 valence electrons. The molecule has 0 radical (unpaired) electrons. The first kappa shape index (κ1) is 15.4. The second-order valence-electron chi connectivity index (χ2n) is 4.36. The lowest BCUT2D eigenvalue weighted by molar-refractivity contribution is -0.131. The fourth-order valence-electron chi connectivity index (χ4n) is 1.84. The summed E-state index contributed by atoms with van der Waals surface area (Å²) in [7, 11) is 0. The lowest BCUT2D eigenvalue weighted by atomic mass is 10.0. The van der Waals surface area contributed by atoms with E-state index in [4.69, 9.17) is 5.73 Å². The third kappa shape index (κ3) is 6.11. The molecular formula is C13H28N2O. The largest absolute Gasteiger partial charge is 0.343 e. The Morgan fingerprint density at radius 1 is 1.19 bits per heavy atom. The van der Waals surface area contributed by atoms with Crippen molar-refractivity contribution in [2.24, 2.45) is 11.7 Å². The van der Waals surface area contributed by atoms with Crippen LogP contribution in [0.1, 0.15) is 52.9 Å². The van der Waals surface area contributed by atoms with Gasteiger partial charge in [0.25, 0.3) is 0 Å². The van der Waals surface area contributed by atoms with Crippen molar-refractivity contribution in [1.82, 2.24) is 4.90 Å². The van der Waals surface area contributed by atoms with E-state index >= 15 is 0 Å². The Balaban J connectivity index is 4.00. The van der Waals surface area contributed by atoms with Gasteiger partial charge in [0, 0.05) is 19.5 Å². The van der Waals surface area contributed by atoms with Crippen LogP contribution in [0.15, 0.2) is 0 Å². The van der Waals surface area contributed by atoms with Gasteiger partial charge in [0.1, 0.15) is 0 Å². The smallest absolute Gasteiger partial charge is 0.222 e. The van der Waals surface area contributed by atoms with Crippen molar-refractivity contribution in [3.05, 3.63) is 0 Å². The molecule has 0 aliphatic carbocycles. The molecule has 0 aliphatic rings. The van der Waals surface area contributed by atoms with Gasteiger partial charge in [0.05, 0.1) is 0 Å². The van der Waals surface area contributed by atoms with Crippen LogP contribution in [0.25, 0.3) is 0 Å². The Morgan fingerprint density at radius 3 is 2.25 bits per heavy atom.